The summed E-state index contributed by atoms with van der Waals surface area (Å²) in [6.07, 6.45) is 2.20. The highest BCUT2D eigenvalue weighted by Gasteiger charge is 2.12. The lowest BCUT2D eigenvalue weighted by molar-refractivity contribution is 0.154. The zero-order chi connectivity index (χ0) is 13.4. The van der Waals surface area contributed by atoms with E-state index in [1.165, 1.54) is 10.6 Å². The molecule has 0 aliphatic heterocycles. The van der Waals surface area contributed by atoms with Gasteiger partial charge in [0.1, 0.15) is 0 Å². The summed E-state index contributed by atoms with van der Waals surface area (Å²) >= 11 is 1.79. The minimum absolute atomic E-state index is 0.761. The van der Waals surface area contributed by atoms with E-state index in [0.29, 0.717) is 0 Å². The Morgan fingerprint density at radius 1 is 1.39 bits per heavy atom. The Morgan fingerprint density at radius 3 is 2.78 bits per heavy atom. The summed E-state index contributed by atoms with van der Waals surface area (Å²) < 4.78 is 5.38. The topological polar surface area (TPSA) is 37.4 Å². The third kappa shape index (κ3) is 4.55. The Kier molecular flexibility index (Phi) is 7.23. The average molecular weight is 271 g/mol. The Hall–Kier alpha value is -0.650. The van der Waals surface area contributed by atoms with Crippen molar-refractivity contribution in [3.63, 3.8) is 0 Å². The molecule has 1 aromatic rings. The highest BCUT2D eigenvalue weighted by atomic mass is 32.1. The molecule has 5 heteroatoms. The molecule has 0 saturated heterocycles. The fraction of sp³-hybridized carbons (Fsp3) is 0.769. The van der Waals surface area contributed by atoms with Gasteiger partial charge in [0, 0.05) is 31.6 Å². The van der Waals surface area contributed by atoms with Crippen LogP contribution in [0.4, 0.5) is 5.13 Å². The van der Waals surface area contributed by atoms with E-state index in [4.69, 9.17) is 9.72 Å². The normalized spacial score (nSPS) is 10.9. The van der Waals surface area contributed by atoms with Gasteiger partial charge < -0.3 is 15.0 Å². The van der Waals surface area contributed by atoms with Crippen molar-refractivity contribution in [2.24, 2.45) is 0 Å². The standard InChI is InChI=1S/C13H25N3OS/c1-5-7-11-12(10-14-3)18-13(15-11)16(4)8-9-17-6-2/h14H,5-10H2,1-4H3. The Morgan fingerprint density at radius 2 is 2.17 bits per heavy atom. The third-order valence-corrected chi connectivity index (χ3v) is 3.90. The first-order chi connectivity index (χ1) is 8.72. The number of likely N-dealkylation sites (N-methyl/N-ethyl adjacent to an activating group) is 1. The van der Waals surface area contributed by atoms with Gasteiger partial charge in [-0.05, 0) is 20.4 Å². The van der Waals surface area contributed by atoms with Crippen LogP contribution in [0, 0.1) is 0 Å². The van der Waals surface area contributed by atoms with Gasteiger partial charge in [-0.15, -0.1) is 11.3 Å². The van der Waals surface area contributed by atoms with Crippen LogP contribution in [0.15, 0.2) is 0 Å². The van der Waals surface area contributed by atoms with E-state index in [2.05, 4.69) is 24.2 Å². The van der Waals surface area contributed by atoms with Crippen molar-refractivity contribution in [1.82, 2.24) is 10.3 Å². The number of hydrogen-bond donors (Lipinski definition) is 1. The summed E-state index contributed by atoms with van der Waals surface area (Å²) in [4.78, 5) is 8.28. The van der Waals surface area contributed by atoms with E-state index in [0.717, 1.165) is 44.3 Å². The zero-order valence-corrected chi connectivity index (χ0v) is 12.8. The summed E-state index contributed by atoms with van der Waals surface area (Å²) in [7, 11) is 4.06. The quantitative estimate of drug-likeness (QED) is 0.699. The van der Waals surface area contributed by atoms with Gasteiger partial charge in [0.2, 0.25) is 0 Å². The van der Waals surface area contributed by atoms with Gasteiger partial charge in [-0.2, -0.15) is 0 Å². The van der Waals surface area contributed by atoms with Gasteiger partial charge >= 0.3 is 0 Å². The molecule has 0 aromatic carbocycles. The van der Waals surface area contributed by atoms with Crippen molar-refractivity contribution in [1.29, 1.82) is 0 Å². The number of aryl methyl sites for hydroxylation is 1. The second-order valence-corrected chi connectivity index (χ2v) is 5.33. The van der Waals surface area contributed by atoms with Gasteiger partial charge in [-0.25, -0.2) is 4.98 Å². The third-order valence-electron chi connectivity index (χ3n) is 2.69. The van der Waals surface area contributed by atoms with Crippen LogP contribution in [0.5, 0.6) is 0 Å². The van der Waals surface area contributed by atoms with Crippen LogP contribution >= 0.6 is 11.3 Å². The molecule has 104 valence electrons. The van der Waals surface area contributed by atoms with E-state index >= 15 is 0 Å². The minimum Gasteiger partial charge on any atom is -0.380 e. The number of nitrogens with one attached hydrogen (secondary N) is 1. The summed E-state index contributed by atoms with van der Waals surface area (Å²) in [6, 6.07) is 0. The molecular formula is C13H25N3OS. The fourth-order valence-corrected chi connectivity index (χ4v) is 2.81. The molecule has 0 saturated carbocycles. The number of ether oxygens (including phenoxy) is 1. The first-order valence-corrected chi connectivity index (χ1v) is 7.46. The molecule has 0 aliphatic rings. The van der Waals surface area contributed by atoms with Crippen molar-refractivity contribution < 1.29 is 4.74 Å². The van der Waals surface area contributed by atoms with Crippen molar-refractivity contribution in [2.75, 3.05) is 38.8 Å². The van der Waals surface area contributed by atoms with Gasteiger partial charge in [0.05, 0.1) is 12.3 Å². The highest BCUT2D eigenvalue weighted by molar-refractivity contribution is 7.15. The molecule has 0 radical (unpaired) electrons. The number of rotatable bonds is 9. The maximum Gasteiger partial charge on any atom is 0.185 e. The SMILES string of the molecule is CCCc1nc(N(C)CCOCC)sc1CNC. The van der Waals surface area contributed by atoms with Crippen molar-refractivity contribution in [3.8, 4) is 0 Å². The number of thiazole rings is 1. The molecule has 4 nitrogen and oxygen atoms in total. The van der Waals surface area contributed by atoms with E-state index in [1.807, 2.05) is 14.0 Å². The molecule has 0 spiro atoms. The number of nitrogens with zero attached hydrogens (tertiary/aromatic N) is 2. The predicted molar refractivity (Wildman–Crippen MR) is 78.6 cm³/mol. The predicted octanol–water partition coefficient (Wildman–Crippen LogP) is 2.29. The fourth-order valence-electron chi connectivity index (χ4n) is 1.71. The van der Waals surface area contributed by atoms with Crippen LogP contribution in [0.1, 0.15) is 30.8 Å². The van der Waals surface area contributed by atoms with Gasteiger partial charge in [-0.3, -0.25) is 0 Å². The number of aromatic nitrogens is 1. The average Bonchev–Trinajstić information content (AvgIpc) is 2.74. The Labute approximate surface area is 114 Å². The van der Waals surface area contributed by atoms with Crippen LogP contribution in [0.25, 0.3) is 0 Å². The van der Waals surface area contributed by atoms with Crippen molar-refractivity contribution >= 4 is 16.5 Å². The lowest BCUT2D eigenvalue weighted by Crippen LogP contribution is -2.22. The molecule has 1 aromatic heterocycles. The molecule has 1 heterocycles. The molecule has 0 aliphatic carbocycles. The van der Waals surface area contributed by atoms with Crippen LogP contribution in [0.2, 0.25) is 0 Å². The van der Waals surface area contributed by atoms with E-state index in [1.54, 1.807) is 11.3 Å². The van der Waals surface area contributed by atoms with Gasteiger partial charge in [0.25, 0.3) is 0 Å². The van der Waals surface area contributed by atoms with Crippen LogP contribution in [0.3, 0.4) is 0 Å². The lowest BCUT2D eigenvalue weighted by Gasteiger charge is -2.15. The molecule has 0 unspecified atom stereocenters. The molecule has 0 fully saturated rings. The highest BCUT2D eigenvalue weighted by Crippen LogP contribution is 2.26. The van der Waals surface area contributed by atoms with Gasteiger partial charge in [-0.1, -0.05) is 13.3 Å². The van der Waals surface area contributed by atoms with Gasteiger partial charge in [0.15, 0.2) is 5.13 Å². The second kappa shape index (κ2) is 8.45. The second-order valence-electron chi connectivity index (χ2n) is 4.27. The van der Waals surface area contributed by atoms with Crippen molar-refractivity contribution in [3.05, 3.63) is 10.6 Å². The summed E-state index contributed by atoms with van der Waals surface area (Å²) in [5, 5.41) is 4.31. The molecule has 0 atom stereocenters. The Bertz CT molecular complexity index is 317. The maximum absolute atomic E-state index is 5.38. The largest absolute Gasteiger partial charge is 0.380 e. The smallest absolute Gasteiger partial charge is 0.185 e. The van der Waals surface area contributed by atoms with E-state index < -0.39 is 0 Å². The zero-order valence-electron chi connectivity index (χ0n) is 12.0. The van der Waals surface area contributed by atoms with Crippen LogP contribution in [-0.2, 0) is 17.7 Å². The number of anilines is 1. The number of hydrogen-bond acceptors (Lipinski definition) is 5. The van der Waals surface area contributed by atoms with E-state index in [9.17, 15) is 0 Å². The first kappa shape index (κ1) is 15.4. The minimum atomic E-state index is 0.761. The summed E-state index contributed by atoms with van der Waals surface area (Å²) in [5.41, 5.74) is 1.25. The summed E-state index contributed by atoms with van der Waals surface area (Å²) in [5.74, 6) is 0. The molecule has 0 bridgehead atoms. The maximum atomic E-state index is 5.38. The van der Waals surface area contributed by atoms with Crippen molar-refractivity contribution in [2.45, 2.75) is 33.2 Å². The summed E-state index contributed by atoms with van der Waals surface area (Å²) in [6.45, 7) is 7.56. The molecule has 18 heavy (non-hydrogen) atoms. The van der Waals surface area contributed by atoms with Crippen LogP contribution in [-0.4, -0.2) is 38.8 Å². The Balaban J connectivity index is 2.66. The van der Waals surface area contributed by atoms with E-state index in [-0.39, 0.29) is 0 Å². The molecule has 1 N–H and O–H groups in total. The van der Waals surface area contributed by atoms with Crippen LogP contribution < -0.4 is 10.2 Å². The first-order valence-electron chi connectivity index (χ1n) is 6.64. The monoisotopic (exact) mass is 271 g/mol. The molecular weight excluding hydrogens is 246 g/mol. The molecule has 1 rings (SSSR count). The molecule has 0 amide bonds. The lowest BCUT2D eigenvalue weighted by atomic mass is 10.2.